The standard InChI is InChI=1S/C23H26FNO3/c1-25-18-12-13-19(25)21(23(26)27-2)20(14-18)28-22(15-6-4-3-5-7-15)16-8-10-17(24)11-9-16/h3-11,18-22H,12-14H2,1-2H3/t18?,19?,20-,21-,22?/m0/s1. The molecule has 2 bridgehead atoms. The number of fused-ring (bicyclic) bond motifs is 2. The lowest BCUT2D eigenvalue weighted by molar-refractivity contribution is -0.162. The number of benzene rings is 2. The predicted molar refractivity (Wildman–Crippen MR) is 104 cm³/mol. The van der Waals surface area contributed by atoms with Gasteiger partial charge in [0.25, 0.3) is 0 Å². The normalized spacial score (nSPS) is 28.1. The number of esters is 1. The Bertz CT molecular complexity index is 810. The number of hydrogen-bond acceptors (Lipinski definition) is 4. The van der Waals surface area contributed by atoms with Crippen molar-refractivity contribution in [3.05, 3.63) is 71.5 Å². The molecule has 2 heterocycles. The summed E-state index contributed by atoms with van der Waals surface area (Å²) in [4.78, 5) is 14.9. The van der Waals surface area contributed by atoms with Gasteiger partial charge >= 0.3 is 5.97 Å². The summed E-state index contributed by atoms with van der Waals surface area (Å²) in [7, 11) is 3.53. The van der Waals surface area contributed by atoms with Crippen LogP contribution in [0.4, 0.5) is 4.39 Å². The Hall–Kier alpha value is -2.24. The fraction of sp³-hybridized carbons (Fsp3) is 0.435. The SMILES string of the molecule is COC(=O)[C@H]1C2CCC(C[C@@H]1OC(c1ccccc1)c1ccc(F)cc1)N2C. The summed E-state index contributed by atoms with van der Waals surface area (Å²) in [6.07, 6.45) is 2.24. The van der Waals surface area contributed by atoms with Crippen LogP contribution in [0.15, 0.2) is 54.6 Å². The highest BCUT2D eigenvalue weighted by molar-refractivity contribution is 5.74. The van der Waals surface area contributed by atoms with Gasteiger partial charge in [-0.2, -0.15) is 0 Å². The molecule has 0 aromatic heterocycles. The van der Waals surface area contributed by atoms with Gasteiger partial charge in [-0.3, -0.25) is 9.69 Å². The Morgan fingerprint density at radius 3 is 2.43 bits per heavy atom. The summed E-state index contributed by atoms with van der Waals surface area (Å²) in [6.45, 7) is 0. The Morgan fingerprint density at radius 2 is 1.75 bits per heavy atom. The van der Waals surface area contributed by atoms with Crippen LogP contribution in [-0.4, -0.2) is 43.2 Å². The average Bonchev–Trinajstić information content (AvgIpc) is 2.96. The third-order valence-electron chi connectivity index (χ3n) is 6.27. The molecule has 2 aliphatic rings. The zero-order valence-electron chi connectivity index (χ0n) is 16.3. The molecule has 3 unspecified atom stereocenters. The van der Waals surface area contributed by atoms with Crippen molar-refractivity contribution in [3.8, 4) is 0 Å². The summed E-state index contributed by atoms with van der Waals surface area (Å²) in [5.41, 5.74) is 1.87. The summed E-state index contributed by atoms with van der Waals surface area (Å²) in [5.74, 6) is -0.811. The van der Waals surface area contributed by atoms with E-state index in [1.165, 1.54) is 19.2 Å². The van der Waals surface area contributed by atoms with Gasteiger partial charge in [0.05, 0.1) is 19.1 Å². The quantitative estimate of drug-likeness (QED) is 0.733. The maximum absolute atomic E-state index is 13.5. The second-order valence-electron chi connectivity index (χ2n) is 7.77. The van der Waals surface area contributed by atoms with Crippen LogP contribution in [0.2, 0.25) is 0 Å². The highest BCUT2D eigenvalue weighted by Crippen LogP contribution is 2.42. The van der Waals surface area contributed by atoms with E-state index in [0.717, 1.165) is 30.4 Å². The van der Waals surface area contributed by atoms with E-state index in [1.807, 2.05) is 30.3 Å². The lowest BCUT2D eigenvalue weighted by Gasteiger charge is -2.42. The predicted octanol–water partition coefficient (Wildman–Crippen LogP) is 3.96. The van der Waals surface area contributed by atoms with Crippen LogP contribution in [0, 0.1) is 11.7 Å². The molecule has 2 fully saturated rings. The smallest absolute Gasteiger partial charge is 0.312 e. The number of piperidine rings is 1. The molecule has 4 nitrogen and oxygen atoms in total. The van der Waals surface area contributed by atoms with Gasteiger partial charge in [0.15, 0.2) is 0 Å². The molecule has 28 heavy (non-hydrogen) atoms. The molecule has 5 heteroatoms. The molecule has 0 radical (unpaired) electrons. The third-order valence-corrected chi connectivity index (χ3v) is 6.27. The van der Waals surface area contributed by atoms with Gasteiger partial charge in [0.1, 0.15) is 11.9 Å². The lowest BCUT2D eigenvalue weighted by atomic mass is 9.87. The Labute approximate surface area is 165 Å². The number of nitrogens with zero attached hydrogens (tertiary/aromatic N) is 1. The molecule has 4 rings (SSSR count). The minimum atomic E-state index is -0.359. The van der Waals surface area contributed by atoms with E-state index in [9.17, 15) is 9.18 Å². The minimum absolute atomic E-state index is 0.140. The van der Waals surface area contributed by atoms with E-state index in [-0.39, 0.29) is 36.0 Å². The van der Waals surface area contributed by atoms with Gasteiger partial charge in [-0.15, -0.1) is 0 Å². The van der Waals surface area contributed by atoms with Crippen molar-refractivity contribution in [1.29, 1.82) is 0 Å². The van der Waals surface area contributed by atoms with E-state index in [1.54, 1.807) is 12.1 Å². The van der Waals surface area contributed by atoms with Gasteiger partial charge in [-0.05, 0) is 49.6 Å². The summed E-state index contributed by atoms with van der Waals surface area (Å²) in [6, 6.07) is 16.9. The summed E-state index contributed by atoms with van der Waals surface area (Å²) >= 11 is 0. The van der Waals surface area contributed by atoms with Crippen LogP contribution in [0.3, 0.4) is 0 Å². The Kier molecular flexibility index (Phi) is 5.47. The highest BCUT2D eigenvalue weighted by atomic mass is 19.1. The van der Waals surface area contributed by atoms with Gasteiger partial charge < -0.3 is 9.47 Å². The fourth-order valence-electron chi connectivity index (χ4n) is 4.80. The third kappa shape index (κ3) is 3.56. The van der Waals surface area contributed by atoms with Crippen molar-refractivity contribution in [1.82, 2.24) is 4.90 Å². The van der Waals surface area contributed by atoms with Crippen LogP contribution in [0.5, 0.6) is 0 Å². The number of carbonyl (C=O) groups is 1. The molecule has 0 aliphatic carbocycles. The van der Waals surface area contributed by atoms with E-state index in [0.29, 0.717) is 6.04 Å². The lowest BCUT2D eigenvalue weighted by Crippen LogP contribution is -2.53. The molecular formula is C23H26FNO3. The largest absolute Gasteiger partial charge is 0.469 e. The Morgan fingerprint density at radius 1 is 1.07 bits per heavy atom. The first-order valence-corrected chi connectivity index (χ1v) is 9.84. The monoisotopic (exact) mass is 383 g/mol. The molecular weight excluding hydrogens is 357 g/mol. The number of halogens is 1. The van der Waals surface area contributed by atoms with E-state index in [4.69, 9.17) is 9.47 Å². The zero-order chi connectivity index (χ0) is 19.7. The van der Waals surface area contributed by atoms with Crippen molar-refractivity contribution in [2.45, 2.75) is 43.6 Å². The second kappa shape index (κ2) is 8.02. The van der Waals surface area contributed by atoms with E-state index >= 15 is 0 Å². The summed E-state index contributed by atoms with van der Waals surface area (Å²) in [5, 5.41) is 0. The maximum Gasteiger partial charge on any atom is 0.312 e. The minimum Gasteiger partial charge on any atom is -0.469 e. The van der Waals surface area contributed by atoms with Gasteiger partial charge in [0, 0.05) is 12.1 Å². The highest BCUT2D eigenvalue weighted by Gasteiger charge is 2.50. The molecule has 5 atom stereocenters. The molecule has 2 aliphatic heterocycles. The van der Waals surface area contributed by atoms with Crippen molar-refractivity contribution in [2.24, 2.45) is 5.92 Å². The van der Waals surface area contributed by atoms with Gasteiger partial charge in [-0.1, -0.05) is 42.5 Å². The molecule has 2 aromatic carbocycles. The first kappa shape index (κ1) is 19.1. The van der Waals surface area contributed by atoms with E-state index < -0.39 is 0 Å². The topological polar surface area (TPSA) is 38.8 Å². The van der Waals surface area contributed by atoms with Crippen molar-refractivity contribution >= 4 is 5.97 Å². The number of rotatable bonds is 5. The number of ether oxygens (including phenoxy) is 2. The first-order valence-electron chi connectivity index (χ1n) is 9.84. The number of methoxy groups -OCH3 is 1. The van der Waals surface area contributed by atoms with E-state index in [2.05, 4.69) is 11.9 Å². The number of hydrogen-bond donors (Lipinski definition) is 0. The second-order valence-corrected chi connectivity index (χ2v) is 7.77. The number of carbonyl (C=O) groups excluding carboxylic acids is 1. The van der Waals surface area contributed by atoms with Gasteiger partial charge in [0.2, 0.25) is 0 Å². The van der Waals surface area contributed by atoms with Crippen LogP contribution in [0.25, 0.3) is 0 Å². The van der Waals surface area contributed by atoms with Crippen LogP contribution < -0.4 is 0 Å². The first-order chi connectivity index (χ1) is 13.6. The molecule has 0 N–H and O–H groups in total. The van der Waals surface area contributed by atoms with Crippen LogP contribution in [-0.2, 0) is 14.3 Å². The average molecular weight is 383 g/mol. The molecule has 0 saturated carbocycles. The fourth-order valence-corrected chi connectivity index (χ4v) is 4.80. The van der Waals surface area contributed by atoms with Crippen molar-refractivity contribution in [2.75, 3.05) is 14.2 Å². The molecule has 0 spiro atoms. The maximum atomic E-state index is 13.5. The molecule has 2 aromatic rings. The van der Waals surface area contributed by atoms with Crippen molar-refractivity contribution in [3.63, 3.8) is 0 Å². The van der Waals surface area contributed by atoms with Crippen LogP contribution in [0.1, 0.15) is 36.5 Å². The van der Waals surface area contributed by atoms with Crippen molar-refractivity contribution < 1.29 is 18.7 Å². The van der Waals surface area contributed by atoms with Crippen LogP contribution >= 0.6 is 0 Å². The molecule has 0 amide bonds. The molecule has 2 saturated heterocycles. The Balaban J connectivity index is 1.67. The zero-order valence-corrected chi connectivity index (χ0v) is 16.3. The van der Waals surface area contributed by atoms with Gasteiger partial charge in [-0.25, -0.2) is 4.39 Å². The molecule has 148 valence electrons. The summed E-state index contributed by atoms with van der Waals surface area (Å²) < 4.78 is 25.2.